The summed E-state index contributed by atoms with van der Waals surface area (Å²) in [6, 6.07) is 18.2. The number of carbonyl (C=O) groups is 1. The van der Waals surface area contributed by atoms with Crippen molar-refractivity contribution < 1.29 is 9.53 Å². The SMILES string of the molecule is CC[C@H](C)Oc1cccc2c1cc(C(=O)NC(C)(C)C)n2Cc1ccccc1. The zero-order valence-corrected chi connectivity index (χ0v) is 17.5. The second kappa shape index (κ2) is 8.09. The molecule has 28 heavy (non-hydrogen) atoms. The van der Waals surface area contributed by atoms with Crippen LogP contribution >= 0.6 is 0 Å². The van der Waals surface area contributed by atoms with Gasteiger partial charge in [-0.05, 0) is 57.9 Å². The first-order valence-corrected chi connectivity index (χ1v) is 9.94. The lowest BCUT2D eigenvalue weighted by molar-refractivity contribution is 0.0911. The molecule has 0 bridgehead atoms. The van der Waals surface area contributed by atoms with Gasteiger partial charge in [-0.15, -0.1) is 0 Å². The molecular weight excluding hydrogens is 348 g/mol. The molecule has 0 aliphatic heterocycles. The zero-order valence-electron chi connectivity index (χ0n) is 17.5. The van der Waals surface area contributed by atoms with E-state index in [0.29, 0.717) is 12.2 Å². The van der Waals surface area contributed by atoms with Gasteiger partial charge in [0.25, 0.3) is 5.91 Å². The van der Waals surface area contributed by atoms with Crippen molar-refractivity contribution in [1.29, 1.82) is 0 Å². The number of rotatable bonds is 6. The van der Waals surface area contributed by atoms with Crippen LogP contribution < -0.4 is 10.1 Å². The molecule has 0 radical (unpaired) electrons. The summed E-state index contributed by atoms with van der Waals surface area (Å²) in [7, 11) is 0. The Morgan fingerprint density at radius 1 is 1.11 bits per heavy atom. The standard InChI is InChI=1S/C24H30N2O2/c1-6-17(2)28-22-14-10-13-20-19(22)15-21(23(27)25-24(3,4)5)26(20)16-18-11-8-7-9-12-18/h7-15,17H,6,16H2,1-5H3,(H,25,27)/t17-/m0/s1. The Hall–Kier alpha value is -2.75. The van der Waals surface area contributed by atoms with Crippen molar-refractivity contribution in [2.75, 3.05) is 0 Å². The smallest absolute Gasteiger partial charge is 0.268 e. The molecular formula is C24H30N2O2. The molecule has 0 unspecified atom stereocenters. The average molecular weight is 379 g/mol. The lowest BCUT2D eigenvalue weighted by Gasteiger charge is -2.21. The highest BCUT2D eigenvalue weighted by molar-refractivity contribution is 6.00. The van der Waals surface area contributed by atoms with Crippen molar-refractivity contribution in [2.45, 2.75) is 59.2 Å². The van der Waals surface area contributed by atoms with Crippen LogP contribution in [0, 0.1) is 0 Å². The zero-order chi connectivity index (χ0) is 20.3. The van der Waals surface area contributed by atoms with Gasteiger partial charge in [-0.1, -0.05) is 43.3 Å². The summed E-state index contributed by atoms with van der Waals surface area (Å²) in [5, 5.41) is 4.06. The Morgan fingerprint density at radius 3 is 2.46 bits per heavy atom. The molecule has 1 atom stereocenters. The molecule has 148 valence electrons. The minimum absolute atomic E-state index is 0.0749. The average Bonchev–Trinajstić information content (AvgIpc) is 3.01. The topological polar surface area (TPSA) is 43.3 Å². The van der Waals surface area contributed by atoms with Crippen molar-refractivity contribution in [3.05, 3.63) is 65.9 Å². The van der Waals surface area contributed by atoms with E-state index in [4.69, 9.17) is 4.74 Å². The summed E-state index contributed by atoms with van der Waals surface area (Å²) in [5.41, 5.74) is 2.50. The normalized spacial score (nSPS) is 12.8. The summed E-state index contributed by atoms with van der Waals surface area (Å²) in [6.07, 6.45) is 1.05. The van der Waals surface area contributed by atoms with E-state index < -0.39 is 0 Å². The van der Waals surface area contributed by atoms with Crippen LogP contribution in [0.25, 0.3) is 10.9 Å². The molecule has 3 aromatic rings. The second-order valence-corrected chi connectivity index (χ2v) is 8.33. The van der Waals surface area contributed by atoms with E-state index in [9.17, 15) is 4.79 Å². The molecule has 1 aromatic heterocycles. The van der Waals surface area contributed by atoms with E-state index in [0.717, 1.165) is 28.6 Å². The van der Waals surface area contributed by atoms with Gasteiger partial charge >= 0.3 is 0 Å². The number of nitrogens with zero attached hydrogens (tertiary/aromatic N) is 1. The quantitative estimate of drug-likeness (QED) is 0.624. The largest absolute Gasteiger partial charge is 0.490 e. The lowest BCUT2D eigenvalue weighted by Crippen LogP contribution is -2.41. The number of fused-ring (bicyclic) bond motifs is 1. The van der Waals surface area contributed by atoms with Crippen LogP contribution in [0.4, 0.5) is 0 Å². The first-order valence-electron chi connectivity index (χ1n) is 9.94. The maximum absolute atomic E-state index is 13.1. The summed E-state index contributed by atoms with van der Waals surface area (Å²) < 4.78 is 8.21. The molecule has 0 saturated carbocycles. The van der Waals surface area contributed by atoms with E-state index in [2.05, 4.69) is 41.9 Å². The van der Waals surface area contributed by atoms with Gasteiger partial charge in [0, 0.05) is 17.5 Å². The third kappa shape index (κ3) is 4.56. The predicted octanol–water partition coefficient (Wildman–Crippen LogP) is 5.40. The molecule has 0 spiro atoms. The highest BCUT2D eigenvalue weighted by atomic mass is 16.5. The first kappa shape index (κ1) is 20.0. The number of nitrogens with one attached hydrogen (secondary N) is 1. The van der Waals surface area contributed by atoms with Crippen LogP contribution in [-0.4, -0.2) is 22.1 Å². The summed E-state index contributed by atoms with van der Waals surface area (Å²) in [6.45, 7) is 10.8. The third-order valence-electron chi connectivity index (χ3n) is 4.71. The molecule has 1 N–H and O–H groups in total. The maximum Gasteiger partial charge on any atom is 0.268 e. The van der Waals surface area contributed by atoms with Crippen LogP contribution in [0.15, 0.2) is 54.6 Å². The summed E-state index contributed by atoms with van der Waals surface area (Å²) in [5.74, 6) is 0.748. The molecule has 1 amide bonds. The van der Waals surface area contributed by atoms with E-state index >= 15 is 0 Å². The Labute approximate surface area is 167 Å². The Balaban J connectivity index is 2.11. The summed E-state index contributed by atoms with van der Waals surface area (Å²) in [4.78, 5) is 13.1. The van der Waals surface area contributed by atoms with Crippen molar-refractivity contribution >= 4 is 16.8 Å². The summed E-state index contributed by atoms with van der Waals surface area (Å²) >= 11 is 0. The van der Waals surface area contributed by atoms with Gasteiger partial charge in [-0.3, -0.25) is 4.79 Å². The van der Waals surface area contributed by atoms with Gasteiger partial charge in [0.1, 0.15) is 11.4 Å². The van der Waals surface area contributed by atoms with E-state index in [1.165, 1.54) is 0 Å². The third-order valence-corrected chi connectivity index (χ3v) is 4.71. The first-order chi connectivity index (χ1) is 13.3. The van der Waals surface area contributed by atoms with Crippen LogP contribution in [0.3, 0.4) is 0 Å². The molecule has 0 aliphatic rings. The number of hydrogen-bond donors (Lipinski definition) is 1. The van der Waals surface area contributed by atoms with E-state index in [-0.39, 0.29) is 17.6 Å². The molecule has 0 saturated heterocycles. The highest BCUT2D eigenvalue weighted by Gasteiger charge is 2.22. The molecule has 3 rings (SSSR count). The van der Waals surface area contributed by atoms with Crippen molar-refractivity contribution in [3.63, 3.8) is 0 Å². The molecule has 4 nitrogen and oxygen atoms in total. The number of carbonyl (C=O) groups excluding carboxylic acids is 1. The minimum atomic E-state index is -0.304. The maximum atomic E-state index is 13.1. The molecule has 1 heterocycles. The monoisotopic (exact) mass is 378 g/mol. The van der Waals surface area contributed by atoms with Gasteiger partial charge in [0.15, 0.2) is 0 Å². The van der Waals surface area contributed by atoms with Crippen molar-refractivity contribution in [2.24, 2.45) is 0 Å². The van der Waals surface area contributed by atoms with Crippen LogP contribution in [0.1, 0.15) is 57.1 Å². The van der Waals surface area contributed by atoms with Gasteiger partial charge in [0.05, 0.1) is 11.6 Å². The van der Waals surface area contributed by atoms with Gasteiger partial charge in [-0.2, -0.15) is 0 Å². The molecule has 2 aromatic carbocycles. The Bertz CT molecular complexity index is 952. The number of amides is 1. The van der Waals surface area contributed by atoms with Crippen molar-refractivity contribution in [1.82, 2.24) is 9.88 Å². The van der Waals surface area contributed by atoms with Gasteiger partial charge in [-0.25, -0.2) is 0 Å². The molecule has 0 aliphatic carbocycles. The minimum Gasteiger partial charge on any atom is -0.490 e. The number of benzene rings is 2. The highest BCUT2D eigenvalue weighted by Crippen LogP contribution is 2.31. The second-order valence-electron chi connectivity index (χ2n) is 8.33. The van der Waals surface area contributed by atoms with E-state index in [1.54, 1.807) is 0 Å². The van der Waals surface area contributed by atoms with Gasteiger partial charge < -0.3 is 14.6 Å². The number of hydrogen-bond acceptors (Lipinski definition) is 2. The van der Waals surface area contributed by atoms with E-state index in [1.807, 2.05) is 57.2 Å². The predicted molar refractivity (Wildman–Crippen MR) is 115 cm³/mol. The Morgan fingerprint density at radius 2 is 1.82 bits per heavy atom. The fourth-order valence-electron chi connectivity index (χ4n) is 3.19. The van der Waals surface area contributed by atoms with Crippen molar-refractivity contribution in [3.8, 4) is 5.75 Å². The van der Waals surface area contributed by atoms with Crippen LogP contribution in [0.2, 0.25) is 0 Å². The molecule has 0 fully saturated rings. The fourth-order valence-corrected chi connectivity index (χ4v) is 3.19. The lowest BCUT2D eigenvalue weighted by atomic mass is 10.1. The number of ether oxygens (including phenoxy) is 1. The van der Waals surface area contributed by atoms with Crippen LogP contribution in [-0.2, 0) is 6.54 Å². The molecule has 4 heteroatoms. The Kier molecular flexibility index (Phi) is 5.78. The van der Waals surface area contributed by atoms with Gasteiger partial charge in [0.2, 0.25) is 0 Å². The fraction of sp³-hybridized carbons (Fsp3) is 0.375. The number of aromatic nitrogens is 1. The van der Waals surface area contributed by atoms with Crippen LogP contribution in [0.5, 0.6) is 5.75 Å².